The van der Waals surface area contributed by atoms with Crippen molar-refractivity contribution in [3.63, 3.8) is 0 Å². The van der Waals surface area contributed by atoms with Gasteiger partial charge in [0, 0.05) is 18.8 Å². The molecule has 1 atom stereocenters. The zero-order chi connectivity index (χ0) is 28.0. The summed E-state index contributed by atoms with van der Waals surface area (Å²) in [5, 5.41) is 0. The Morgan fingerprint density at radius 2 is 0.787 bits per heavy atom. The van der Waals surface area contributed by atoms with Crippen LogP contribution in [0.15, 0.2) is 48.5 Å². The number of carbonyl (C=O) groups is 4. The number of hydrogen-bond acceptors (Lipinski definition) is 11. The van der Waals surface area contributed by atoms with E-state index in [1.807, 2.05) is 0 Å². The molecule has 2 rings (SSSR count). The second-order valence-electron chi connectivity index (χ2n) is 7.71. The van der Waals surface area contributed by atoms with Crippen molar-refractivity contribution in [2.45, 2.75) is 80.7 Å². The lowest BCUT2D eigenvalue weighted by Gasteiger charge is -2.17. The largest absolute Gasteiger partial charge is 0.460 e. The van der Waals surface area contributed by atoms with Gasteiger partial charge in [-0.1, -0.05) is 85.9 Å². The Hall–Kier alpha value is -3.37. The van der Waals surface area contributed by atoms with Crippen LogP contribution in [-0.4, -0.2) is 76.6 Å². The molecule has 2 aromatic rings. The summed E-state index contributed by atoms with van der Waals surface area (Å²) in [5.41, 5.74) is 1.23. The second-order valence-corrected chi connectivity index (χ2v) is 10.1. The Morgan fingerprint density at radius 3 is 1.04 bits per heavy atom. The number of benzene rings is 2. The molecule has 0 radical (unpaired) electrons. The molecule has 1 unspecified atom stereocenters. The van der Waals surface area contributed by atoms with Crippen LogP contribution in [0.1, 0.15) is 122 Å². The molecule has 2 aromatic carbocycles. The number of carbonyl (C=O) groups excluding carboxylic acids is 4. The maximum atomic E-state index is 12.7. The Kier molecular flexibility index (Phi) is 43.3. The third-order valence-electron chi connectivity index (χ3n) is 5.00. The van der Waals surface area contributed by atoms with Crippen molar-refractivity contribution in [3.8, 4) is 0 Å². The molecule has 0 saturated carbocycles. The first-order valence-electron chi connectivity index (χ1n) is 11.8. The highest BCUT2D eigenvalue weighted by Gasteiger charge is 2.22. The Morgan fingerprint density at radius 1 is 0.511 bits per heavy atom. The summed E-state index contributed by atoms with van der Waals surface area (Å²) in [7, 11) is -2.00. The zero-order valence-corrected chi connectivity index (χ0v) is 22.4. The fraction of sp³-hybridized carbons (Fsp3) is 0.543. The standard InChI is InChI=1S/C26H31O11P.9CH4/c1-4-38(31,36-17-15-34-25(29)21-7-5-20(6-8-21)19(2)27)37-18-16-35-26(30)23-11-9-22(10-12-23)24(28)33-14-13-32-3;;;;;;;;;/h5-12H,4,13-18H2,1-3H3;9*1H4. The van der Waals surface area contributed by atoms with E-state index >= 15 is 0 Å². The Labute approximate surface area is 287 Å². The molecule has 12 heteroatoms. The minimum Gasteiger partial charge on any atom is -0.460 e. The van der Waals surface area contributed by atoms with Crippen molar-refractivity contribution in [2.24, 2.45) is 0 Å². The minimum atomic E-state index is -3.49. The first-order chi connectivity index (χ1) is 18.2. The van der Waals surface area contributed by atoms with Crippen LogP contribution in [-0.2, 0) is 32.6 Å². The normalized spacial score (nSPS) is 9.94. The van der Waals surface area contributed by atoms with Gasteiger partial charge in [0.15, 0.2) is 5.78 Å². The maximum Gasteiger partial charge on any atom is 0.338 e. The predicted octanol–water partition coefficient (Wildman–Crippen LogP) is 9.68. The van der Waals surface area contributed by atoms with Gasteiger partial charge in [-0.15, -0.1) is 0 Å². The van der Waals surface area contributed by atoms with Gasteiger partial charge in [-0.3, -0.25) is 9.36 Å². The van der Waals surface area contributed by atoms with E-state index in [1.54, 1.807) is 6.92 Å². The summed E-state index contributed by atoms with van der Waals surface area (Å²) in [4.78, 5) is 47.5. The Balaban J connectivity index is -0.000000282. The molecule has 0 spiro atoms. The molecule has 0 heterocycles. The van der Waals surface area contributed by atoms with Gasteiger partial charge in [-0.2, -0.15) is 0 Å². The maximum absolute atomic E-state index is 12.7. The molecule has 0 aliphatic rings. The van der Waals surface area contributed by atoms with E-state index in [1.165, 1.54) is 62.6 Å². The van der Waals surface area contributed by atoms with Crippen LogP contribution >= 0.6 is 7.60 Å². The molecule has 278 valence electrons. The SMILES string of the molecule is C.C.C.C.C.C.C.C.C.CCP(=O)(OCCOC(=O)c1ccc(C(C)=O)cc1)OCCOC(=O)c1ccc(C(=O)OCCOC)cc1. The van der Waals surface area contributed by atoms with Gasteiger partial charge in [0.1, 0.15) is 19.8 Å². The van der Waals surface area contributed by atoms with Crippen LogP contribution in [0.2, 0.25) is 0 Å². The first-order valence-corrected chi connectivity index (χ1v) is 13.5. The van der Waals surface area contributed by atoms with E-state index in [9.17, 15) is 23.7 Å². The van der Waals surface area contributed by atoms with E-state index < -0.39 is 25.5 Å². The number of rotatable bonds is 16. The highest BCUT2D eigenvalue weighted by atomic mass is 31.2. The van der Waals surface area contributed by atoms with Crippen molar-refractivity contribution in [1.82, 2.24) is 0 Å². The van der Waals surface area contributed by atoms with Crippen molar-refractivity contribution in [1.29, 1.82) is 0 Å². The van der Waals surface area contributed by atoms with Gasteiger partial charge in [0.2, 0.25) is 0 Å². The third-order valence-corrected chi connectivity index (χ3v) is 6.93. The molecule has 0 amide bonds. The van der Waals surface area contributed by atoms with Gasteiger partial charge in [0.05, 0.1) is 36.5 Å². The highest BCUT2D eigenvalue weighted by Crippen LogP contribution is 2.47. The summed E-state index contributed by atoms with van der Waals surface area (Å²) in [6, 6.07) is 11.7. The molecule has 0 fully saturated rings. The number of ether oxygens (including phenoxy) is 4. The number of esters is 3. The lowest BCUT2D eigenvalue weighted by molar-refractivity contribution is 0.0380. The van der Waals surface area contributed by atoms with Crippen LogP contribution in [0.25, 0.3) is 0 Å². The summed E-state index contributed by atoms with van der Waals surface area (Å²) >= 11 is 0. The molecule has 0 aliphatic carbocycles. The number of hydrogen-bond donors (Lipinski definition) is 0. The van der Waals surface area contributed by atoms with Crippen molar-refractivity contribution in [2.75, 3.05) is 52.9 Å². The summed E-state index contributed by atoms with van der Waals surface area (Å²) in [6.45, 7) is 2.74. The zero-order valence-electron chi connectivity index (χ0n) is 21.5. The summed E-state index contributed by atoms with van der Waals surface area (Å²) in [5.74, 6) is -1.92. The van der Waals surface area contributed by atoms with E-state index in [4.69, 9.17) is 28.0 Å². The Bertz CT molecular complexity index is 1130. The van der Waals surface area contributed by atoms with E-state index in [0.29, 0.717) is 5.56 Å². The molecule has 0 saturated heterocycles. The van der Waals surface area contributed by atoms with Crippen LogP contribution < -0.4 is 0 Å². The molecule has 0 aliphatic heterocycles. The van der Waals surface area contributed by atoms with Gasteiger partial charge >= 0.3 is 25.5 Å². The third kappa shape index (κ3) is 21.9. The van der Waals surface area contributed by atoms with Crippen LogP contribution in [0.4, 0.5) is 0 Å². The average Bonchev–Trinajstić information content (AvgIpc) is 2.93. The fourth-order valence-electron chi connectivity index (χ4n) is 2.89. The lowest BCUT2D eigenvalue weighted by Crippen LogP contribution is -2.14. The number of ketones is 1. The van der Waals surface area contributed by atoms with E-state index in [-0.39, 0.29) is 135 Å². The quantitative estimate of drug-likeness (QED) is 0.0545. The lowest BCUT2D eigenvalue weighted by atomic mass is 10.1. The topological polar surface area (TPSA) is 141 Å². The molecule has 0 aromatic heterocycles. The van der Waals surface area contributed by atoms with E-state index in [2.05, 4.69) is 0 Å². The first kappa shape index (κ1) is 62.5. The van der Waals surface area contributed by atoms with Gasteiger partial charge in [-0.25, -0.2) is 14.4 Å². The molecular weight excluding hydrogens is 627 g/mol. The molecule has 0 N–H and O–H groups in total. The highest BCUT2D eigenvalue weighted by molar-refractivity contribution is 7.53. The van der Waals surface area contributed by atoms with Crippen LogP contribution in [0.3, 0.4) is 0 Å². The van der Waals surface area contributed by atoms with Crippen molar-refractivity contribution < 1.29 is 51.7 Å². The predicted molar refractivity (Wildman–Crippen MR) is 196 cm³/mol. The number of methoxy groups -OCH3 is 1. The molecule has 47 heavy (non-hydrogen) atoms. The molecule has 0 bridgehead atoms. The number of Topliss-reactive ketones (excluding diaryl/α,β-unsaturated/α-hetero) is 1. The average molecular weight is 695 g/mol. The van der Waals surface area contributed by atoms with Crippen LogP contribution in [0, 0.1) is 0 Å². The smallest absolute Gasteiger partial charge is 0.338 e. The molecular formula is C35H67O11P. The monoisotopic (exact) mass is 694 g/mol. The second kappa shape index (κ2) is 32.6. The van der Waals surface area contributed by atoms with Crippen molar-refractivity contribution in [3.05, 3.63) is 70.8 Å². The molecule has 11 nitrogen and oxygen atoms in total. The summed E-state index contributed by atoms with van der Waals surface area (Å²) < 4.78 is 43.3. The van der Waals surface area contributed by atoms with Gasteiger partial charge in [0.25, 0.3) is 0 Å². The minimum absolute atomic E-state index is 0. The fourth-order valence-corrected chi connectivity index (χ4v) is 4.04. The van der Waals surface area contributed by atoms with Crippen LogP contribution in [0.5, 0.6) is 0 Å². The van der Waals surface area contributed by atoms with Crippen molar-refractivity contribution >= 4 is 31.3 Å². The van der Waals surface area contributed by atoms with Gasteiger partial charge in [-0.05, 0) is 43.3 Å². The van der Waals surface area contributed by atoms with E-state index in [0.717, 1.165) is 0 Å². The van der Waals surface area contributed by atoms with Gasteiger partial charge < -0.3 is 28.0 Å². The summed E-state index contributed by atoms with van der Waals surface area (Å²) in [6.07, 6.45) is 0.0589.